The molecular formula is C44H50Cl2N4Si2. The van der Waals surface area contributed by atoms with Gasteiger partial charge in [-0.05, 0) is 68.3 Å². The Hall–Kier alpha value is -3.53. The minimum Gasteiger partial charge on any atom is -0.223 e. The van der Waals surface area contributed by atoms with Crippen LogP contribution < -0.4 is 0 Å². The number of hydrogen-bond donors (Lipinski definition) is 0. The molecule has 2 heterocycles. The number of halogens is 2. The number of fused-ring (bicyclic) bond motifs is 5. The van der Waals surface area contributed by atoms with Gasteiger partial charge in [-0.3, -0.25) is 0 Å². The van der Waals surface area contributed by atoms with Gasteiger partial charge in [0.1, 0.15) is 27.2 Å². The van der Waals surface area contributed by atoms with Crippen molar-refractivity contribution < 1.29 is 0 Å². The van der Waals surface area contributed by atoms with Crippen LogP contribution in [0.5, 0.6) is 0 Å². The summed E-state index contributed by atoms with van der Waals surface area (Å²) in [5.74, 6) is 7.67. The van der Waals surface area contributed by atoms with E-state index in [1.54, 1.807) is 12.1 Å². The van der Waals surface area contributed by atoms with E-state index in [2.05, 4.69) is 142 Å². The van der Waals surface area contributed by atoms with E-state index < -0.39 is 16.1 Å². The fourth-order valence-corrected chi connectivity index (χ4v) is 20.0. The zero-order chi connectivity index (χ0) is 37.9. The van der Waals surface area contributed by atoms with Crippen LogP contribution in [0.3, 0.4) is 0 Å². The molecule has 268 valence electrons. The molecule has 0 atom stereocenters. The third kappa shape index (κ3) is 6.30. The smallest absolute Gasteiger partial charge is 0.199 e. The van der Waals surface area contributed by atoms with Crippen LogP contribution in [0.2, 0.25) is 43.3 Å². The summed E-state index contributed by atoms with van der Waals surface area (Å²) in [6.45, 7) is 28.2. The molecule has 6 aromatic rings. The molecule has 0 unspecified atom stereocenters. The maximum atomic E-state index is 6.43. The highest BCUT2D eigenvalue weighted by atomic mass is 35.5. The van der Waals surface area contributed by atoms with E-state index in [0.717, 1.165) is 32.7 Å². The van der Waals surface area contributed by atoms with Gasteiger partial charge in [-0.15, -0.1) is 11.1 Å². The van der Waals surface area contributed by atoms with Gasteiger partial charge in [-0.2, -0.15) is 0 Å². The van der Waals surface area contributed by atoms with Gasteiger partial charge in [-0.1, -0.05) is 142 Å². The van der Waals surface area contributed by atoms with Crippen molar-refractivity contribution >= 4 is 94.3 Å². The third-order valence-corrected chi connectivity index (χ3v) is 25.1. The molecule has 0 aliphatic heterocycles. The van der Waals surface area contributed by atoms with Crippen LogP contribution in [0.15, 0.2) is 48.5 Å². The van der Waals surface area contributed by atoms with Crippen LogP contribution in [-0.4, -0.2) is 36.1 Å². The molecule has 6 rings (SSSR count). The first kappa shape index (κ1) is 38.2. The lowest BCUT2D eigenvalue weighted by atomic mass is 9.94. The van der Waals surface area contributed by atoms with Gasteiger partial charge in [-0.25, -0.2) is 19.9 Å². The zero-order valence-electron chi connectivity index (χ0n) is 32.6. The molecule has 4 aromatic carbocycles. The summed E-state index contributed by atoms with van der Waals surface area (Å²) in [6.07, 6.45) is 0. The normalized spacial score (nSPS) is 12.8. The molecule has 0 amide bonds. The van der Waals surface area contributed by atoms with Gasteiger partial charge in [0.2, 0.25) is 0 Å². The highest BCUT2D eigenvalue weighted by Gasteiger charge is 2.43. The Kier molecular flexibility index (Phi) is 10.6. The minimum atomic E-state index is -2.12. The molecule has 8 heteroatoms. The molecule has 0 spiro atoms. The maximum absolute atomic E-state index is 6.43. The summed E-state index contributed by atoms with van der Waals surface area (Å²) in [5.41, 5.74) is 16.2. The lowest BCUT2D eigenvalue weighted by molar-refractivity contribution is 0.838. The van der Waals surface area contributed by atoms with Crippen molar-refractivity contribution in [2.24, 2.45) is 0 Å². The third-order valence-electron chi connectivity index (χ3n) is 11.8. The monoisotopic (exact) mass is 760 g/mol. The first-order valence-electron chi connectivity index (χ1n) is 18.7. The Bertz CT molecular complexity index is 2280. The van der Waals surface area contributed by atoms with Crippen LogP contribution in [0.4, 0.5) is 0 Å². The molecular weight excluding hydrogens is 712 g/mol. The Morgan fingerprint density at radius 3 is 1.12 bits per heavy atom. The summed E-state index contributed by atoms with van der Waals surface area (Å²) in [5, 5.41) is 5.24. The number of benzene rings is 4. The number of aromatic nitrogens is 4. The summed E-state index contributed by atoms with van der Waals surface area (Å²) in [6, 6.07) is 16.6. The predicted molar refractivity (Wildman–Crippen MR) is 231 cm³/mol. The lowest BCUT2D eigenvalue weighted by Gasteiger charge is -2.38. The van der Waals surface area contributed by atoms with Gasteiger partial charge in [0, 0.05) is 10.8 Å². The van der Waals surface area contributed by atoms with Crippen molar-refractivity contribution in [1.82, 2.24) is 19.9 Å². The maximum Gasteiger partial charge on any atom is 0.199 e. The molecule has 2 aromatic heterocycles. The molecule has 4 nitrogen and oxygen atoms in total. The van der Waals surface area contributed by atoms with Crippen molar-refractivity contribution in [2.75, 3.05) is 0 Å². The molecule has 0 saturated heterocycles. The number of rotatable bonds is 6. The topological polar surface area (TPSA) is 51.6 Å². The summed E-state index contributed by atoms with van der Waals surface area (Å²) >= 11 is 12.9. The van der Waals surface area contributed by atoms with Gasteiger partial charge in [0.05, 0.1) is 32.2 Å². The molecule has 0 aliphatic carbocycles. The fraction of sp³-hybridized carbons (Fsp3) is 0.409. The summed E-state index contributed by atoms with van der Waals surface area (Å²) in [7, 11) is -4.24. The van der Waals surface area contributed by atoms with Crippen LogP contribution in [-0.2, 0) is 0 Å². The Morgan fingerprint density at radius 1 is 0.481 bits per heavy atom. The van der Waals surface area contributed by atoms with Crippen molar-refractivity contribution in [1.29, 1.82) is 0 Å². The van der Waals surface area contributed by atoms with E-state index in [0.29, 0.717) is 76.7 Å². The van der Waals surface area contributed by atoms with Crippen LogP contribution in [0, 0.1) is 22.9 Å². The second-order valence-corrected chi connectivity index (χ2v) is 28.3. The average Bonchev–Trinajstić information content (AvgIpc) is 3.06. The van der Waals surface area contributed by atoms with Crippen molar-refractivity contribution in [2.45, 2.75) is 116 Å². The molecule has 0 N–H and O–H groups in total. The van der Waals surface area contributed by atoms with E-state index in [1.807, 2.05) is 0 Å². The summed E-state index contributed by atoms with van der Waals surface area (Å²) < 4.78 is 0. The van der Waals surface area contributed by atoms with Crippen molar-refractivity contribution in [3.8, 4) is 22.9 Å². The average molecular weight is 762 g/mol. The largest absolute Gasteiger partial charge is 0.223 e. The number of nitrogens with zero attached hydrogens (tertiary/aromatic N) is 4. The highest BCUT2D eigenvalue weighted by Crippen LogP contribution is 2.43. The van der Waals surface area contributed by atoms with E-state index in [1.165, 1.54) is 0 Å². The van der Waals surface area contributed by atoms with Crippen LogP contribution in [0.25, 0.3) is 54.9 Å². The molecule has 0 saturated carbocycles. The summed E-state index contributed by atoms with van der Waals surface area (Å²) in [4.78, 5) is 20.5. The lowest BCUT2D eigenvalue weighted by Crippen LogP contribution is -2.43. The fourth-order valence-electron chi connectivity index (χ4n) is 9.22. The zero-order valence-corrected chi connectivity index (χ0v) is 36.1. The van der Waals surface area contributed by atoms with Crippen LogP contribution in [0.1, 0.15) is 94.2 Å². The highest BCUT2D eigenvalue weighted by molar-refractivity contribution is 6.91. The molecule has 0 bridgehead atoms. The van der Waals surface area contributed by atoms with Gasteiger partial charge < -0.3 is 0 Å². The molecule has 0 fully saturated rings. The molecule has 52 heavy (non-hydrogen) atoms. The van der Waals surface area contributed by atoms with Gasteiger partial charge in [0.15, 0.2) is 11.3 Å². The molecule has 0 aliphatic rings. The van der Waals surface area contributed by atoms with Crippen LogP contribution >= 0.6 is 23.2 Å². The van der Waals surface area contributed by atoms with E-state index in [4.69, 9.17) is 43.1 Å². The second-order valence-electron chi connectivity index (χ2n) is 16.3. The molecule has 0 radical (unpaired) electrons. The Balaban J connectivity index is 1.86. The standard InChI is InChI=1S/C44H50Cl2N4Si2/c1-25(2)51(26(3)4,27(5)6)19-17-33-35-21-31-15-13-14-16-32(31)22-36(35)34(18-20-52(28(7)8,29(9)10)30(11)12)42-41(33)49-43-44(50-42)48-40-24-38(46)37(45)23-39(40)47-43/h13-16,21-30H,1-12H3. The minimum absolute atomic E-state index is 0.420. The van der Waals surface area contributed by atoms with E-state index in [-0.39, 0.29) is 0 Å². The Morgan fingerprint density at radius 2 is 0.808 bits per heavy atom. The quantitative estimate of drug-likeness (QED) is 0.0963. The van der Waals surface area contributed by atoms with Crippen molar-refractivity contribution in [3.05, 3.63) is 69.7 Å². The predicted octanol–water partition coefficient (Wildman–Crippen LogP) is 13.5. The van der Waals surface area contributed by atoms with Gasteiger partial charge in [0.25, 0.3) is 0 Å². The number of hydrogen-bond acceptors (Lipinski definition) is 4. The van der Waals surface area contributed by atoms with E-state index in [9.17, 15) is 0 Å². The SMILES string of the molecule is CC(C)[Si](C#Cc1c2cc3ccccc3cc2c(C#C[Si](C(C)C)(C(C)C)C(C)C)c2nc3nc4cc(Cl)c(Cl)cc4nc3nc12)(C(C)C)C(C)C. The van der Waals surface area contributed by atoms with Gasteiger partial charge >= 0.3 is 0 Å². The van der Waals surface area contributed by atoms with E-state index >= 15 is 0 Å². The van der Waals surface area contributed by atoms with Crippen molar-refractivity contribution in [3.63, 3.8) is 0 Å². The first-order chi connectivity index (χ1) is 24.5. The Labute approximate surface area is 321 Å². The second kappa shape index (κ2) is 14.4. The first-order valence-corrected chi connectivity index (χ1v) is 23.9.